The van der Waals surface area contributed by atoms with E-state index in [1.165, 1.54) is 22.9 Å². The van der Waals surface area contributed by atoms with E-state index in [1.807, 2.05) is 0 Å². The van der Waals surface area contributed by atoms with Crippen LogP contribution in [-0.2, 0) is 4.74 Å². The van der Waals surface area contributed by atoms with Gasteiger partial charge < -0.3 is 14.7 Å². The Hall–Kier alpha value is -0.423. The summed E-state index contributed by atoms with van der Waals surface area (Å²) in [6, 6.07) is 2.47. The molecule has 1 unspecified atom stereocenters. The lowest BCUT2D eigenvalue weighted by Gasteiger charge is -2.29. The molecule has 0 spiro atoms. The van der Waals surface area contributed by atoms with Gasteiger partial charge in [0.05, 0.1) is 27.4 Å². The first-order chi connectivity index (χ1) is 10.8. The van der Waals surface area contributed by atoms with Crippen LogP contribution in [0.4, 0.5) is 0 Å². The molecule has 0 aliphatic carbocycles. The largest absolute Gasteiger partial charge is 0.389 e. The zero-order valence-corrected chi connectivity index (χ0v) is 17.3. The highest BCUT2D eigenvalue weighted by Crippen LogP contribution is 2.25. The van der Waals surface area contributed by atoms with Gasteiger partial charge in [-0.05, 0) is 26.4 Å². The van der Waals surface area contributed by atoms with E-state index in [0.717, 1.165) is 19.5 Å². The predicted molar refractivity (Wildman–Crippen MR) is 105 cm³/mol. The Morgan fingerprint density at radius 1 is 1.22 bits per heavy atom. The molecule has 0 aromatic heterocycles. The minimum Gasteiger partial charge on any atom is -0.389 e. The maximum atomic E-state index is 10.1. The molecule has 3 nitrogen and oxygen atoms in total. The fraction of sp³-hybridized carbons (Fsp3) is 0.789. The average molecular weight is 342 g/mol. The Kier molecular flexibility index (Phi) is 11.8. The average Bonchev–Trinajstić information content (AvgIpc) is 2.54. The fourth-order valence-electron chi connectivity index (χ4n) is 2.62. The molecule has 1 N–H and O–H groups in total. The zero-order valence-electron chi connectivity index (χ0n) is 16.3. The van der Waals surface area contributed by atoms with Gasteiger partial charge in [-0.3, -0.25) is 0 Å². The number of hydrogen-bond acceptors (Lipinski definition) is 3. The van der Waals surface area contributed by atoms with E-state index in [9.17, 15) is 5.11 Å². The molecule has 23 heavy (non-hydrogen) atoms. The Labute approximate surface area is 145 Å². The Morgan fingerprint density at radius 3 is 2.22 bits per heavy atom. The van der Waals surface area contributed by atoms with Crippen molar-refractivity contribution in [2.75, 3.05) is 32.8 Å². The van der Waals surface area contributed by atoms with Crippen molar-refractivity contribution in [2.45, 2.75) is 65.8 Å². The Morgan fingerprint density at radius 2 is 1.78 bits per heavy atom. The molecule has 0 aliphatic heterocycles. The molecule has 4 heteroatoms. The fourth-order valence-corrected chi connectivity index (χ4v) is 5.07. The van der Waals surface area contributed by atoms with Gasteiger partial charge in [-0.2, -0.15) is 0 Å². The SMILES string of the molecule is C=C(C)C/C=C(/COCC(O)CN(CC)CC)[Si](C)(CC)CC. The third-order valence-electron chi connectivity index (χ3n) is 4.96. The van der Waals surface area contributed by atoms with E-state index in [2.05, 4.69) is 58.7 Å². The number of rotatable bonds is 13. The van der Waals surface area contributed by atoms with Gasteiger partial charge in [0.25, 0.3) is 0 Å². The van der Waals surface area contributed by atoms with Gasteiger partial charge in [0.1, 0.15) is 0 Å². The van der Waals surface area contributed by atoms with Gasteiger partial charge in [0, 0.05) is 6.54 Å². The lowest BCUT2D eigenvalue weighted by Crippen LogP contribution is -2.37. The van der Waals surface area contributed by atoms with Crippen molar-refractivity contribution in [1.82, 2.24) is 4.90 Å². The molecule has 0 aromatic rings. The van der Waals surface area contributed by atoms with Crippen molar-refractivity contribution < 1.29 is 9.84 Å². The number of ether oxygens (including phenoxy) is 1. The third-order valence-corrected chi connectivity index (χ3v) is 9.98. The molecule has 0 fully saturated rings. The molecule has 0 saturated carbocycles. The molecule has 0 amide bonds. The second-order valence-corrected chi connectivity index (χ2v) is 12.0. The van der Waals surface area contributed by atoms with E-state index >= 15 is 0 Å². The molecule has 0 radical (unpaired) electrons. The minimum absolute atomic E-state index is 0.409. The molecule has 0 rings (SSSR count). The number of nitrogens with zero attached hydrogens (tertiary/aromatic N) is 1. The van der Waals surface area contributed by atoms with Crippen LogP contribution in [0.15, 0.2) is 23.4 Å². The Balaban J connectivity index is 4.62. The topological polar surface area (TPSA) is 32.7 Å². The maximum absolute atomic E-state index is 10.1. The summed E-state index contributed by atoms with van der Waals surface area (Å²) in [5.74, 6) is 0. The lowest BCUT2D eigenvalue weighted by atomic mass is 10.2. The third kappa shape index (κ3) is 8.84. The standard InChI is InChI=1S/C19H39NO2Si/c1-8-20(9-2)14-18(21)15-22-16-19(13-12-17(5)6)23(7,10-3)11-4/h13,18,21H,5,8-12,14-16H2,1-4,6-7H3/b19-13-. The van der Waals surface area contributed by atoms with Gasteiger partial charge in [-0.25, -0.2) is 0 Å². The monoisotopic (exact) mass is 341 g/mol. The highest BCUT2D eigenvalue weighted by atomic mass is 28.3. The summed E-state index contributed by atoms with van der Waals surface area (Å²) in [6.45, 7) is 21.0. The quantitative estimate of drug-likeness (QED) is 0.401. The molecule has 0 heterocycles. The van der Waals surface area contributed by atoms with Crippen LogP contribution < -0.4 is 0 Å². The van der Waals surface area contributed by atoms with Crippen molar-refractivity contribution in [3.63, 3.8) is 0 Å². The summed E-state index contributed by atoms with van der Waals surface area (Å²) in [4.78, 5) is 2.23. The van der Waals surface area contributed by atoms with E-state index in [-0.39, 0.29) is 0 Å². The Bertz CT molecular complexity index is 360. The van der Waals surface area contributed by atoms with Crippen LogP contribution in [0.5, 0.6) is 0 Å². The van der Waals surface area contributed by atoms with Crippen molar-refractivity contribution in [2.24, 2.45) is 0 Å². The number of allylic oxidation sites excluding steroid dienone is 2. The van der Waals surface area contributed by atoms with Gasteiger partial charge in [0.15, 0.2) is 0 Å². The number of aliphatic hydroxyl groups is 1. The van der Waals surface area contributed by atoms with Crippen molar-refractivity contribution >= 4 is 8.07 Å². The summed E-state index contributed by atoms with van der Waals surface area (Å²) in [7, 11) is -1.41. The molecular formula is C19H39NO2Si. The predicted octanol–water partition coefficient (Wildman–Crippen LogP) is 4.26. The van der Waals surface area contributed by atoms with Crippen LogP contribution in [0, 0.1) is 0 Å². The maximum Gasteiger partial charge on any atom is 0.0900 e. The van der Waals surface area contributed by atoms with E-state index in [4.69, 9.17) is 4.74 Å². The smallest absolute Gasteiger partial charge is 0.0900 e. The first kappa shape index (κ1) is 22.6. The molecule has 136 valence electrons. The second-order valence-electron chi connectivity index (χ2n) is 6.81. The van der Waals surface area contributed by atoms with Crippen LogP contribution in [-0.4, -0.2) is 57.0 Å². The van der Waals surface area contributed by atoms with Crippen LogP contribution >= 0.6 is 0 Å². The summed E-state index contributed by atoms with van der Waals surface area (Å²) >= 11 is 0. The summed E-state index contributed by atoms with van der Waals surface area (Å²) < 4.78 is 5.89. The van der Waals surface area contributed by atoms with Crippen LogP contribution in [0.2, 0.25) is 18.6 Å². The molecular weight excluding hydrogens is 302 g/mol. The molecule has 1 atom stereocenters. The van der Waals surface area contributed by atoms with Gasteiger partial charge in [-0.15, -0.1) is 0 Å². The summed E-state index contributed by atoms with van der Waals surface area (Å²) in [5.41, 5.74) is 1.19. The highest BCUT2D eigenvalue weighted by molar-refractivity contribution is 6.85. The molecule has 0 aromatic carbocycles. The van der Waals surface area contributed by atoms with E-state index < -0.39 is 14.2 Å². The number of hydrogen-bond donors (Lipinski definition) is 1. The molecule has 0 saturated heterocycles. The molecule has 0 aliphatic rings. The normalized spacial score (nSPS) is 14.3. The first-order valence-electron chi connectivity index (χ1n) is 9.14. The van der Waals surface area contributed by atoms with Crippen LogP contribution in [0.25, 0.3) is 0 Å². The number of likely N-dealkylation sites (N-methyl/N-ethyl adjacent to an activating group) is 1. The van der Waals surface area contributed by atoms with Crippen LogP contribution in [0.1, 0.15) is 41.0 Å². The van der Waals surface area contributed by atoms with E-state index in [0.29, 0.717) is 19.8 Å². The summed E-state index contributed by atoms with van der Waals surface area (Å²) in [6.07, 6.45) is 2.86. The van der Waals surface area contributed by atoms with Crippen molar-refractivity contribution in [1.29, 1.82) is 0 Å². The second kappa shape index (κ2) is 12.0. The van der Waals surface area contributed by atoms with Gasteiger partial charge in [0.2, 0.25) is 0 Å². The lowest BCUT2D eigenvalue weighted by molar-refractivity contribution is 0.0271. The number of aliphatic hydroxyl groups excluding tert-OH is 1. The van der Waals surface area contributed by atoms with Crippen LogP contribution in [0.3, 0.4) is 0 Å². The zero-order chi connectivity index (χ0) is 17.9. The van der Waals surface area contributed by atoms with Gasteiger partial charge in [-0.1, -0.05) is 69.8 Å². The van der Waals surface area contributed by atoms with Crippen molar-refractivity contribution in [3.05, 3.63) is 23.4 Å². The van der Waals surface area contributed by atoms with Gasteiger partial charge >= 0.3 is 0 Å². The van der Waals surface area contributed by atoms with Crippen molar-refractivity contribution in [3.8, 4) is 0 Å². The first-order valence-corrected chi connectivity index (χ1v) is 12.1. The minimum atomic E-state index is -1.41. The molecule has 0 bridgehead atoms. The summed E-state index contributed by atoms with van der Waals surface area (Å²) in [5, 5.41) is 11.6. The van der Waals surface area contributed by atoms with E-state index in [1.54, 1.807) is 0 Å². The highest BCUT2D eigenvalue weighted by Gasteiger charge is 2.27.